The van der Waals surface area contributed by atoms with Gasteiger partial charge in [-0.05, 0) is 46.5 Å². The first kappa shape index (κ1) is 15.3. The largest absolute Gasteiger partial charge is 0.492 e. The number of benzene rings is 1. The molecule has 1 heterocycles. The highest BCUT2D eigenvalue weighted by Crippen LogP contribution is 2.31. The smallest absolute Gasteiger partial charge is 0.303 e. The maximum Gasteiger partial charge on any atom is 0.303 e. The fourth-order valence-electron chi connectivity index (χ4n) is 2.05. The molecular weight excluding hydrogens is 324 g/mol. The summed E-state index contributed by atoms with van der Waals surface area (Å²) in [6.07, 6.45) is 1.61. The lowest BCUT2D eigenvalue weighted by atomic mass is 9.90. The van der Waals surface area contributed by atoms with Crippen molar-refractivity contribution in [1.29, 1.82) is 0 Å². The zero-order chi connectivity index (χ0) is 14.6. The molecule has 20 heavy (non-hydrogen) atoms. The lowest BCUT2D eigenvalue weighted by molar-refractivity contribution is -0.137. The predicted octanol–water partition coefficient (Wildman–Crippen LogP) is 3.27. The highest BCUT2D eigenvalue weighted by Gasteiger charge is 2.34. The lowest BCUT2D eigenvalue weighted by Crippen LogP contribution is -2.44. The monoisotopic (exact) mass is 342 g/mol. The normalized spacial score (nSPS) is 16.5. The molecule has 0 aliphatic carbocycles. The van der Waals surface area contributed by atoms with Crippen molar-refractivity contribution in [2.24, 2.45) is 5.41 Å². The van der Waals surface area contributed by atoms with Gasteiger partial charge in [-0.15, -0.1) is 0 Å². The number of ether oxygens (including phenoxy) is 2. The van der Waals surface area contributed by atoms with E-state index in [4.69, 9.17) is 14.6 Å². The molecule has 0 spiro atoms. The van der Waals surface area contributed by atoms with Crippen LogP contribution in [0.4, 0.5) is 0 Å². The minimum Gasteiger partial charge on any atom is -0.492 e. The number of aliphatic carboxylic acids is 1. The Balaban J connectivity index is 1.86. The SMILES string of the molecule is CC1(COc2ccc(CCCC(=O)O)cc2Br)COC1. The molecule has 1 saturated heterocycles. The minimum atomic E-state index is -0.750. The number of hydrogen-bond acceptors (Lipinski definition) is 3. The zero-order valence-electron chi connectivity index (χ0n) is 11.5. The van der Waals surface area contributed by atoms with E-state index in [9.17, 15) is 4.79 Å². The van der Waals surface area contributed by atoms with Gasteiger partial charge in [0.1, 0.15) is 5.75 Å². The van der Waals surface area contributed by atoms with E-state index in [0.29, 0.717) is 13.0 Å². The summed E-state index contributed by atoms with van der Waals surface area (Å²) in [5.41, 5.74) is 1.24. The molecule has 0 unspecified atom stereocenters. The Morgan fingerprint density at radius 3 is 2.80 bits per heavy atom. The molecule has 1 fully saturated rings. The van der Waals surface area contributed by atoms with E-state index in [1.807, 2.05) is 18.2 Å². The third kappa shape index (κ3) is 4.21. The van der Waals surface area contributed by atoms with Crippen LogP contribution in [0.1, 0.15) is 25.3 Å². The van der Waals surface area contributed by atoms with E-state index in [0.717, 1.165) is 35.4 Å². The molecule has 1 aliphatic rings. The molecule has 0 amide bonds. The van der Waals surface area contributed by atoms with Gasteiger partial charge in [0.15, 0.2) is 0 Å². The Kier molecular flexibility index (Phi) is 5.05. The van der Waals surface area contributed by atoms with Crippen LogP contribution in [0.25, 0.3) is 0 Å². The minimum absolute atomic E-state index is 0.125. The van der Waals surface area contributed by atoms with Crippen molar-refractivity contribution in [3.63, 3.8) is 0 Å². The molecule has 0 aromatic heterocycles. The fourth-order valence-corrected chi connectivity index (χ4v) is 2.59. The summed E-state index contributed by atoms with van der Waals surface area (Å²) < 4.78 is 11.9. The number of rotatable bonds is 7. The molecule has 0 radical (unpaired) electrons. The third-order valence-electron chi connectivity index (χ3n) is 3.33. The fraction of sp³-hybridized carbons (Fsp3) is 0.533. The van der Waals surface area contributed by atoms with Crippen LogP contribution in [0, 0.1) is 5.41 Å². The number of carbonyl (C=O) groups is 1. The first-order valence-corrected chi connectivity index (χ1v) is 7.49. The summed E-state index contributed by atoms with van der Waals surface area (Å²) in [5, 5.41) is 8.63. The molecule has 0 atom stereocenters. The van der Waals surface area contributed by atoms with E-state index in [-0.39, 0.29) is 11.8 Å². The second-order valence-corrected chi connectivity index (χ2v) is 6.46. The molecule has 1 aliphatic heterocycles. The number of halogens is 1. The van der Waals surface area contributed by atoms with Crippen LogP contribution in [-0.4, -0.2) is 30.9 Å². The molecule has 2 rings (SSSR count). The molecule has 110 valence electrons. The second-order valence-electron chi connectivity index (χ2n) is 5.60. The van der Waals surface area contributed by atoms with Crippen molar-refractivity contribution in [3.05, 3.63) is 28.2 Å². The van der Waals surface area contributed by atoms with E-state index in [1.165, 1.54) is 0 Å². The van der Waals surface area contributed by atoms with Crippen molar-refractivity contribution in [1.82, 2.24) is 0 Å². The van der Waals surface area contributed by atoms with Gasteiger partial charge in [0.05, 0.1) is 24.3 Å². The Morgan fingerprint density at radius 1 is 1.50 bits per heavy atom. The lowest BCUT2D eigenvalue weighted by Gasteiger charge is -2.37. The molecule has 0 saturated carbocycles. The maximum absolute atomic E-state index is 10.5. The van der Waals surface area contributed by atoms with Crippen LogP contribution in [0.2, 0.25) is 0 Å². The standard InChI is InChI=1S/C15H19BrO4/c1-15(8-19-9-15)10-20-13-6-5-11(7-12(13)16)3-2-4-14(17)18/h5-7H,2-4,8-10H2,1H3,(H,17,18). The summed E-state index contributed by atoms with van der Waals surface area (Å²) in [6.45, 7) is 4.28. The van der Waals surface area contributed by atoms with Crippen LogP contribution >= 0.6 is 15.9 Å². The average Bonchev–Trinajstić information content (AvgIpc) is 2.35. The molecule has 1 aromatic rings. The van der Waals surface area contributed by atoms with Crippen LogP contribution in [-0.2, 0) is 16.0 Å². The average molecular weight is 343 g/mol. The van der Waals surface area contributed by atoms with Gasteiger partial charge in [-0.2, -0.15) is 0 Å². The van der Waals surface area contributed by atoms with Crippen molar-refractivity contribution in [2.45, 2.75) is 26.2 Å². The first-order chi connectivity index (χ1) is 9.48. The molecular formula is C15H19BrO4. The molecule has 1 N–H and O–H groups in total. The highest BCUT2D eigenvalue weighted by atomic mass is 79.9. The van der Waals surface area contributed by atoms with E-state index in [1.54, 1.807) is 0 Å². The summed E-state index contributed by atoms with van der Waals surface area (Å²) >= 11 is 3.50. The van der Waals surface area contributed by atoms with Crippen molar-refractivity contribution >= 4 is 21.9 Å². The van der Waals surface area contributed by atoms with E-state index in [2.05, 4.69) is 22.9 Å². The number of carboxylic acids is 1. The van der Waals surface area contributed by atoms with Gasteiger partial charge in [0, 0.05) is 11.8 Å². The Bertz CT molecular complexity index is 483. The quantitative estimate of drug-likeness (QED) is 0.826. The number of carboxylic acid groups (broad SMARTS) is 1. The highest BCUT2D eigenvalue weighted by molar-refractivity contribution is 9.10. The van der Waals surface area contributed by atoms with Crippen molar-refractivity contribution < 1.29 is 19.4 Å². The van der Waals surface area contributed by atoms with Crippen LogP contribution < -0.4 is 4.74 Å². The second kappa shape index (κ2) is 6.59. The van der Waals surface area contributed by atoms with Crippen LogP contribution in [0.3, 0.4) is 0 Å². The van der Waals surface area contributed by atoms with Gasteiger partial charge in [-0.1, -0.05) is 13.0 Å². The van der Waals surface area contributed by atoms with Gasteiger partial charge >= 0.3 is 5.97 Å². The topological polar surface area (TPSA) is 55.8 Å². The zero-order valence-corrected chi connectivity index (χ0v) is 13.1. The van der Waals surface area contributed by atoms with E-state index < -0.39 is 5.97 Å². The Labute approximate surface area is 127 Å². The summed E-state index contributed by atoms with van der Waals surface area (Å²) in [4.78, 5) is 10.5. The predicted molar refractivity (Wildman–Crippen MR) is 79.1 cm³/mol. The molecule has 0 bridgehead atoms. The van der Waals surface area contributed by atoms with Gasteiger partial charge in [0.2, 0.25) is 0 Å². The molecule has 5 heteroatoms. The van der Waals surface area contributed by atoms with E-state index >= 15 is 0 Å². The maximum atomic E-state index is 10.5. The van der Waals surface area contributed by atoms with Gasteiger partial charge < -0.3 is 14.6 Å². The van der Waals surface area contributed by atoms with Gasteiger partial charge in [-0.25, -0.2) is 0 Å². The Hall–Kier alpha value is -1.07. The summed E-state index contributed by atoms with van der Waals surface area (Å²) in [6, 6.07) is 5.92. The van der Waals surface area contributed by atoms with Crippen LogP contribution in [0.5, 0.6) is 5.75 Å². The first-order valence-electron chi connectivity index (χ1n) is 6.69. The van der Waals surface area contributed by atoms with Gasteiger partial charge in [-0.3, -0.25) is 4.79 Å². The Morgan fingerprint density at radius 2 is 2.25 bits per heavy atom. The molecule has 4 nitrogen and oxygen atoms in total. The molecule has 1 aromatic carbocycles. The summed E-state index contributed by atoms with van der Waals surface area (Å²) in [5.74, 6) is 0.0695. The van der Waals surface area contributed by atoms with Crippen molar-refractivity contribution in [3.8, 4) is 5.75 Å². The third-order valence-corrected chi connectivity index (χ3v) is 3.95. The summed E-state index contributed by atoms with van der Waals surface area (Å²) in [7, 11) is 0. The number of hydrogen-bond donors (Lipinski definition) is 1. The van der Waals surface area contributed by atoms with Crippen LogP contribution in [0.15, 0.2) is 22.7 Å². The number of aryl methyl sites for hydroxylation is 1. The van der Waals surface area contributed by atoms with Gasteiger partial charge in [0.25, 0.3) is 0 Å². The van der Waals surface area contributed by atoms with Crippen molar-refractivity contribution in [2.75, 3.05) is 19.8 Å².